The molecule has 1 aromatic carbocycles. The molecule has 0 fully saturated rings. The second kappa shape index (κ2) is 7.27. The molecule has 1 amide bonds. The van der Waals surface area contributed by atoms with Crippen LogP contribution in [0.5, 0.6) is 0 Å². The number of hydrogen-bond donors (Lipinski definition) is 1. The zero-order valence-corrected chi connectivity index (χ0v) is 15.8. The first kappa shape index (κ1) is 16.8. The van der Waals surface area contributed by atoms with Gasteiger partial charge >= 0.3 is 0 Å². The molecule has 3 heterocycles. The van der Waals surface area contributed by atoms with Gasteiger partial charge in [0.15, 0.2) is 5.13 Å². The quantitative estimate of drug-likeness (QED) is 0.536. The van der Waals surface area contributed by atoms with E-state index >= 15 is 0 Å². The summed E-state index contributed by atoms with van der Waals surface area (Å²) in [7, 11) is 0. The zero-order valence-electron chi connectivity index (χ0n) is 14.2. The van der Waals surface area contributed by atoms with Crippen LogP contribution in [0.4, 0.5) is 0 Å². The van der Waals surface area contributed by atoms with Gasteiger partial charge in [0.25, 0.3) is 5.91 Å². The van der Waals surface area contributed by atoms with E-state index in [4.69, 9.17) is 0 Å². The highest BCUT2D eigenvalue weighted by Gasteiger charge is 2.16. The van der Waals surface area contributed by atoms with Gasteiger partial charge < -0.3 is 9.88 Å². The smallest absolute Gasteiger partial charge is 0.263 e. The van der Waals surface area contributed by atoms with Crippen LogP contribution in [0.3, 0.4) is 0 Å². The minimum Gasteiger partial charge on any atom is -0.347 e. The molecule has 0 unspecified atom stereocenters. The van der Waals surface area contributed by atoms with Gasteiger partial charge in [-0.15, -0.1) is 0 Å². The van der Waals surface area contributed by atoms with E-state index in [1.54, 1.807) is 11.3 Å². The van der Waals surface area contributed by atoms with Crippen molar-refractivity contribution in [1.29, 1.82) is 0 Å². The Morgan fingerprint density at radius 1 is 1.15 bits per heavy atom. The Morgan fingerprint density at radius 2 is 1.96 bits per heavy atom. The Bertz CT molecular complexity index is 1020. The highest BCUT2D eigenvalue weighted by molar-refractivity contribution is 7.16. The molecule has 1 N–H and O–H groups in total. The first-order valence-corrected chi connectivity index (χ1v) is 9.98. The molecular weight excluding hydrogens is 362 g/mol. The van der Waals surface area contributed by atoms with Crippen LogP contribution in [-0.4, -0.2) is 15.5 Å². The third-order valence-electron chi connectivity index (χ3n) is 4.11. The molecule has 0 atom stereocenters. The Labute approximate surface area is 159 Å². The molecule has 3 aromatic heterocycles. The molecule has 26 heavy (non-hydrogen) atoms. The molecule has 0 aliphatic carbocycles. The number of thiazole rings is 1. The fourth-order valence-electron chi connectivity index (χ4n) is 2.79. The van der Waals surface area contributed by atoms with Crippen LogP contribution in [0.2, 0.25) is 0 Å². The number of thiophene rings is 1. The third-order valence-corrected chi connectivity index (χ3v) is 5.96. The van der Waals surface area contributed by atoms with E-state index in [0.29, 0.717) is 11.4 Å². The van der Waals surface area contributed by atoms with Gasteiger partial charge in [0.2, 0.25) is 0 Å². The lowest BCUT2D eigenvalue weighted by Gasteiger charge is -2.09. The van der Waals surface area contributed by atoms with Gasteiger partial charge in [-0.3, -0.25) is 4.79 Å². The lowest BCUT2D eigenvalue weighted by Crippen LogP contribution is -2.22. The summed E-state index contributed by atoms with van der Waals surface area (Å²) < 4.78 is 1.92. The molecule has 4 nitrogen and oxygen atoms in total. The van der Waals surface area contributed by atoms with E-state index in [9.17, 15) is 4.79 Å². The molecular formula is C20H17N3OS2. The van der Waals surface area contributed by atoms with Gasteiger partial charge in [-0.05, 0) is 52.6 Å². The minimum atomic E-state index is -0.0847. The SMILES string of the molecule is Cc1nc(-n2cccc2)sc1C(=O)NCc1ccccc1-c1ccsc1. The normalized spacial score (nSPS) is 10.8. The molecule has 0 saturated carbocycles. The summed E-state index contributed by atoms with van der Waals surface area (Å²) in [5, 5.41) is 8.03. The van der Waals surface area contributed by atoms with Crippen molar-refractivity contribution < 1.29 is 4.79 Å². The van der Waals surface area contributed by atoms with Crippen molar-refractivity contribution in [3.05, 3.63) is 81.8 Å². The predicted octanol–water partition coefficient (Wildman–Crippen LogP) is 4.90. The van der Waals surface area contributed by atoms with Crippen LogP contribution in [0, 0.1) is 6.92 Å². The van der Waals surface area contributed by atoms with Crippen molar-refractivity contribution in [1.82, 2.24) is 14.9 Å². The standard InChI is InChI=1S/C20H17N3OS2/c1-14-18(26-20(22-14)23-9-4-5-10-23)19(24)21-12-15-6-2-3-7-17(15)16-8-11-25-13-16/h2-11,13H,12H2,1H3,(H,21,24). The highest BCUT2D eigenvalue weighted by Crippen LogP contribution is 2.26. The number of nitrogens with zero attached hydrogens (tertiary/aromatic N) is 2. The second-order valence-electron chi connectivity index (χ2n) is 5.85. The molecule has 0 spiro atoms. The van der Waals surface area contributed by atoms with Crippen molar-refractivity contribution in [3.8, 4) is 16.3 Å². The van der Waals surface area contributed by atoms with Crippen molar-refractivity contribution in [2.45, 2.75) is 13.5 Å². The minimum absolute atomic E-state index is 0.0847. The van der Waals surface area contributed by atoms with E-state index in [1.807, 2.05) is 48.1 Å². The van der Waals surface area contributed by atoms with Crippen LogP contribution >= 0.6 is 22.7 Å². The summed E-state index contributed by atoms with van der Waals surface area (Å²) in [5.74, 6) is -0.0847. The number of carbonyl (C=O) groups is 1. The second-order valence-corrected chi connectivity index (χ2v) is 7.61. The molecule has 130 valence electrons. The average Bonchev–Trinajstić information content (AvgIpc) is 3.40. The van der Waals surface area contributed by atoms with Crippen LogP contribution < -0.4 is 5.32 Å². The van der Waals surface area contributed by atoms with Crippen LogP contribution in [-0.2, 0) is 6.54 Å². The third kappa shape index (κ3) is 3.34. The predicted molar refractivity (Wildman–Crippen MR) is 107 cm³/mol. The van der Waals surface area contributed by atoms with Crippen LogP contribution in [0.1, 0.15) is 20.9 Å². The van der Waals surface area contributed by atoms with Crippen LogP contribution in [0.15, 0.2) is 65.6 Å². The lowest BCUT2D eigenvalue weighted by molar-refractivity contribution is 0.0954. The van der Waals surface area contributed by atoms with Crippen molar-refractivity contribution in [2.75, 3.05) is 0 Å². The van der Waals surface area contributed by atoms with E-state index < -0.39 is 0 Å². The molecule has 0 aliphatic rings. The van der Waals surface area contributed by atoms with E-state index in [1.165, 1.54) is 16.9 Å². The number of amides is 1. The summed E-state index contributed by atoms with van der Waals surface area (Å²) in [4.78, 5) is 17.8. The summed E-state index contributed by atoms with van der Waals surface area (Å²) in [6.07, 6.45) is 3.86. The Morgan fingerprint density at radius 3 is 2.73 bits per heavy atom. The molecule has 4 aromatic rings. The molecule has 0 bridgehead atoms. The molecule has 6 heteroatoms. The maximum atomic E-state index is 12.7. The van der Waals surface area contributed by atoms with Gasteiger partial charge in [0, 0.05) is 18.9 Å². The van der Waals surface area contributed by atoms with Crippen molar-refractivity contribution in [2.24, 2.45) is 0 Å². The number of hydrogen-bond acceptors (Lipinski definition) is 4. The fraction of sp³-hybridized carbons (Fsp3) is 0.100. The zero-order chi connectivity index (χ0) is 17.9. The number of nitrogens with one attached hydrogen (secondary N) is 1. The van der Waals surface area contributed by atoms with Gasteiger partial charge in [-0.2, -0.15) is 11.3 Å². The highest BCUT2D eigenvalue weighted by atomic mass is 32.1. The van der Waals surface area contributed by atoms with E-state index in [0.717, 1.165) is 22.0 Å². The molecule has 0 saturated heterocycles. The van der Waals surface area contributed by atoms with Gasteiger partial charge in [0.05, 0.1) is 5.69 Å². The summed E-state index contributed by atoms with van der Waals surface area (Å²) >= 11 is 3.08. The number of rotatable bonds is 5. The summed E-state index contributed by atoms with van der Waals surface area (Å²) in [5.41, 5.74) is 4.20. The van der Waals surface area contributed by atoms with Gasteiger partial charge in [0.1, 0.15) is 4.88 Å². The molecule has 0 radical (unpaired) electrons. The summed E-state index contributed by atoms with van der Waals surface area (Å²) in [6.45, 7) is 2.36. The molecule has 4 rings (SSSR count). The monoisotopic (exact) mass is 379 g/mol. The maximum Gasteiger partial charge on any atom is 0.263 e. The number of benzene rings is 1. The first-order valence-electron chi connectivity index (χ1n) is 8.22. The average molecular weight is 380 g/mol. The number of aryl methyl sites for hydroxylation is 1. The topological polar surface area (TPSA) is 46.9 Å². The first-order chi connectivity index (χ1) is 12.7. The Balaban J connectivity index is 1.52. The fourth-order valence-corrected chi connectivity index (χ4v) is 4.40. The van der Waals surface area contributed by atoms with Crippen molar-refractivity contribution >= 4 is 28.6 Å². The largest absolute Gasteiger partial charge is 0.347 e. The van der Waals surface area contributed by atoms with E-state index in [2.05, 4.69) is 39.3 Å². The summed E-state index contributed by atoms with van der Waals surface area (Å²) in [6, 6.07) is 14.1. The maximum absolute atomic E-state index is 12.7. The van der Waals surface area contributed by atoms with Crippen LogP contribution in [0.25, 0.3) is 16.3 Å². The van der Waals surface area contributed by atoms with Gasteiger partial charge in [-0.25, -0.2) is 4.98 Å². The number of aromatic nitrogens is 2. The number of carbonyl (C=O) groups excluding carboxylic acids is 1. The molecule has 0 aliphatic heterocycles. The van der Waals surface area contributed by atoms with E-state index in [-0.39, 0.29) is 5.91 Å². The Kier molecular flexibility index (Phi) is 4.69. The lowest BCUT2D eigenvalue weighted by atomic mass is 10.0. The Hall–Kier alpha value is -2.70. The van der Waals surface area contributed by atoms with Crippen molar-refractivity contribution in [3.63, 3.8) is 0 Å². The van der Waals surface area contributed by atoms with Gasteiger partial charge in [-0.1, -0.05) is 35.6 Å².